The van der Waals surface area contributed by atoms with E-state index < -0.39 is 0 Å². The summed E-state index contributed by atoms with van der Waals surface area (Å²) in [6.07, 6.45) is 0. The molecule has 0 saturated heterocycles. The fraction of sp³-hybridized carbons (Fsp3) is 0.231. The van der Waals surface area contributed by atoms with Crippen molar-refractivity contribution in [3.63, 3.8) is 0 Å². The Labute approximate surface area is 121 Å². The van der Waals surface area contributed by atoms with Crippen molar-refractivity contribution >= 4 is 27.7 Å². The van der Waals surface area contributed by atoms with Crippen LogP contribution in [0.3, 0.4) is 0 Å². The highest BCUT2D eigenvalue weighted by molar-refractivity contribution is 9.10. The topological polar surface area (TPSA) is 67.1 Å². The lowest BCUT2D eigenvalue weighted by Crippen LogP contribution is -2.20. The smallest absolute Gasteiger partial charge is 0.239 e. The number of aromatic nitrogens is 2. The van der Waals surface area contributed by atoms with Crippen molar-refractivity contribution in [1.29, 1.82) is 0 Å². The molecule has 6 heteroatoms. The second-order valence-corrected chi connectivity index (χ2v) is 5.24. The molecule has 0 spiro atoms. The van der Waals surface area contributed by atoms with Crippen LogP contribution in [0, 0.1) is 6.92 Å². The summed E-state index contributed by atoms with van der Waals surface area (Å²) in [6.45, 7) is 2.68. The molecule has 0 atom stereocenters. The molecular formula is C13H16BrN5. The van der Waals surface area contributed by atoms with Gasteiger partial charge in [0.05, 0.1) is 0 Å². The standard InChI is InChI=1S/C13H16BrN5/c1-9-6-12(17-13(16-9)18-15)19(2)8-10-4-3-5-11(14)7-10/h3-7H,8,15H2,1-2H3,(H,16,17,18). The Morgan fingerprint density at radius 1 is 1.32 bits per heavy atom. The lowest BCUT2D eigenvalue weighted by molar-refractivity contribution is 0.885. The van der Waals surface area contributed by atoms with Crippen molar-refractivity contribution in [3.8, 4) is 0 Å². The molecule has 2 aromatic rings. The van der Waals surface area contributed by atoms with E-state index in [0.29, 0.717) is 5.95 Å². The number of hydrogen-bond donors (Lipinski definition) is 2. The average Bonchev–Trinajstić information content (AvgIpc) is 2.38. The summed E-state index contributed by atoms with van der Waals surface area (Å²) in [4.78, 5) is 10.6. The van der Waals surface area contributed by atoms with Gasteiger partial charge in [0.25, 0.3) is 0 Å². The average molecular weight is 322 g/mol. The maximum atomic E-state index is 5.36. The first kappa shape index (κ1) is 13.8. The van der Waals surface area contributed by atoms with Gasteiger partial charge >= 0.3 is 0 Å². The van der Waals surface area contributed by atoms with Gasteiger partial charge in [-0.3, -0.25) is 5.43 Å². The minimum Gasteiger partial charge on any atom is -0.355 e. The van der Waals surface area contributed by atoms with E-state index in [0.717, 1.165) is 22.5 Å². The number of hydrazine groups is 1. The third kappa shape index (κ3) is 3.65. The summed E-state index contributed by atoms with van der Waals surface area (Å²) in [5, 5.41) is 0. The number of rotatable bonds is 4. The monoisotopic (exact) mass is 321 g/mol. The van der Waals surface area contributed by atoms with Crippen LogP contribution >= 0.6 is 15.9 Å². The molecule has 0 unspecified atom stereocenters. The van der Waals surface area contributed by atoms with Gasteiger partial charge in [0.15, 0.2) is 0 Å². The first-order chi connectivity index (χ1) is 9.08. The Hall–Kier alpha value is -1.66. The fourth-order valence-electron chi connectivity index (χ4n) is 1.80. The zero-order valence-corrected chi connectivity index (χ0v) is 12.5. The normalized spacial score (nSPS) is 10.3. The molecule has 0 aliphatic heterocycles. The molecule has 1 heterocycles. The van der Waals surface area contributed by atoms with Crippen molar-refractivity contribution in [2.45, 2.75) is 13.5 Å². The molecule has 5 nitrogen and oxygen atoms in total. The van der Waals surface area contributed by atoms with E-state index in [1.165, 1.54) is 5.56 Å². The van der Waals surface area contributed by atoms with Crippen LogP contribution in [0.15, 0.2) is 34.8 Å². The molecule has 1 aromatic carbocycles. The Kier molecular flexibility index (Phi) is 4.34. The van der Waals surface area contributed by atoms with E-state index in [1.807, 2.05) is 32.2 Å². The van der Waals surface area contributed by atoms with Gasteiger partial charge in [0.2, 0.25) is 5.95 Å². The van der Waals surface area contributed by atoms with E-state index in [4.69, 9.17) is 5.84 Å². The van der Waals surface area contributed by atoms with E-state index in [1.54, 1.807) is 0 Å². The second kappa shape index (κ2) is 5.99. The van der Waals surface area contributed by atoms with Crippen LogP contribution in [-0.4, -0.2) is 17.0 Å². The molecule has 0 aliphatic rings. The van der Waals surface area contributed by atoms with Crippen LogP contribution in [0.1, 0.15) is 11.3 Å². The summed E-state index contributed by atoms with van der Waals surface area (Å²) in [6, 6.07) is 10.1. The van der Waals surface area contributed by atoms with Crippen molar-refractivity contribution in [1.82, 2.24) is 9.97 Å². The highest BCUT2D eigenvalue weighted by atomic mass is 79.9. The molecular weight excluding hydrogens is 306 g/mol. The Balaban J connectivity index is 2.20. The maximum absolute atomic E-state index is 5.36. The number of nitrogen functional groups attached to an aromatic ring is 1. The van der Waals surface area contributed by atoms with E-state index in [2.05, 4.69) is 48.4 Å². The molecule has 0 bridgehead atoms. The van der Waals surface area contributed by atoms with Crippen LogP contribution in [0.5, 0.6) is 0 Å². The second-order valence-electron chi connectivity index (χ2n) is 4.32. The number of halogens is 1. The van der Waals surface area contributed by atoms with Gasteiger partial charge in [-0.15, -0.1) is 0 Å². The van der Waals surface area contributed by atoms with E-state index in [9.17, 15) is 0 Å². The quantitative estimate of drug-likeness (QED) is 0.669. The minimum absolute atomic E-state index is 0.427. The third-order valence-corrected chi connectivity index (χ3v) is 3.16. The lowest BCUT2D eigenvalue weighted by Gasteiger charge is -2.19. The number of nitrogens with zero attached hydrogens (tertiary/aromatic N) is 3. The van der Waals surface area contributed by atoms with Crippen LogP contribution in [-0.2, 0) is 6.54 Å². The van der Waals surface area contributed by atoms with Crippen molar-refractivity contribution in [2.75, 3.05) is 17.4 Å². The van der Waals surface area contributed by atoms with Crippen LogP contribution in [0.2, 0.25) is 0 Å². The lowest BCUT2D eigenvalue weighted by atomic mass is 10.2. The van der Waals surface area contributed by atoms with Crippen molar-refractivity contribution < 1.29 is 0 Å². The third-order valence-electron chi connectivity index (χ3n) is 2.67. The minimum atomic E-state index is 0.427. The predicted octanol–water partition coefficient (Wildman–Crippen LogP) is 2.47. The summed E-state index contributed by atoms with van der Waals surface area (Å²) in [5.41, 5.74) is 4.56. The summed E-state index contributed by atoms with van der Waals surface area (Å²) in [7, 11) is 1.99. The summed E-state index contributed by atoms with van der Waals surface area (Å²) in [5.74, 6) is 6.62. The Morgan fingerprint density at radius 3 is 2.79 bits per heavy atom. The number of benzene rings is 1. The summed E-state index contributed by atoms with van der Waals surface area (Å²) >= 11 is 3.47. The predicted molar refractivity (Wildman–Crippen MR) is 80.8 cm³/mol. The molecule has 3 N–H and O–H groups in total. The Morgan fingerprint density at radius 2 is 2.11 bits per heavy atom. The molecule has 100 valence electrons. The molecule has 19 heavy (non-hydrogen) atoms. The number of aryl methyl sites for hydroxylation is 1. The van der Waals surface area contributed by atoms with Crippen LogP contribution in [0.4, 0.5) is 11.8 Å². The van der Waals surface area contributed by atoms with E-state index >= 15 is 0 Å². The highest BCUT2D eigenvalue weighted by Gasteiger charge is 2.07. The van der Waals surface area contributed by atoms with E-state index in [-0.39, 0.29) is 0 Å². The van der Waals surface area contributed by atoms with Gasteiger partial charge in [-0.05, 0) is 24.6 Å². The SMILES string of the molecule is Cc1cc(N(C)Cc2cccc(Br)c2)nc(NN)n1. The molecule has 1 aromatic heterocycles. The van der Waals surface area contributed by atoms with Gasteiger partial charge in [0.1, 0.15) is 5.82 Å². The first-order valence-corrected chi connectivity index (χ1v) is 6.65. The molecule has 2 rings (SSSR count). The Bertz CT molecular complexity index is 573. The number of anilines is 2. The number of hydrogen-bond acceptors (Lipinski definition) is 5. The molecule has 0 aliphatic carbocycles. The van der Waals surface area contributed by atoms with Gasteiger partial charge in [-0.1, -0.05) is 28.1 Å². The fourth-order valence-corrected chi connectivity index (χ4v) is 2.25. The zero-order valence-electron chi connectivity index (χ0n) is 10.9. The first-order valence-electron chi connectivity index (χ1n) is 5.86. The summed E-state index contributed by atoms with van der Waals surface area (Å²) < 4.78 is 1.07. The van der Waals surface area contributed by atoms with Gasteiger partial charge < -0.3 is 4.90 Å². The largest absolute Gasteiger partial charge is 0.355 e. The van der Waals surface area contributed by atoms with Gasteiger partial charge in [0, 0.05) is 29.8 Å². The molecule has 0 radical (unpaired) electrons. The number of nitrogens with two attached hydrogens (primary N) is 1. The van der Waals surface area contributed by atoms with Crippen molar-refractivity contribution in [2.24, 2.45) is 5.84 Å². The zero-order chi connectivity index (χ0) is 13.8. The maximum Gasteiger partial charge on any atom is 0.239 e. The highest BCUT2D eigenvalue weighted by Crippen LogP contribution is 2.17. The van der Waals surface area contributed by atoms with Gasteiger partial charge in [-0.25, -0.2) is 10.8 Å². The number of nitrogens with one attached hydrogen (secondary N) is 1. The molecule has 0 amide bonds. The van der Waals surface area contributed by atoms with Gasteiger partial charge in [-0.2, -0.15) is 4.98 Å². The van der Waals surface area contributed by atoms with Crippen molar-refractivity contribution in [3.05, 3.63) is 46.1 Å². The van der Waals surface area contributed by atoms with Crippen LogP contribution in [0.25, 0.3) is 0 Å². The van der Waals surface area contributed by atoms with Crippen LogP contribution < -0.4 is 16.2 Å². The molecule has 0 saturated carbocycles. The molecule has 0 fully saturated rings.